The summed E-state index contributed by atoms with van der Waals surface area (Å²) in [5.74, 6) is -0.487. The van der Waals surface area contributed by atoms with Gasteiger partial charge in [0.05, 0.1) is 4.47 Å². The molecular formula is C12H13BrF3NO2. The first-order valence-electron chi connectivity index (χ1n) is 5.63. The van der Waals surface area contributed by atoms with Gasteiger partial charge in [-0.2, -0.15) is 13.2 Å². The lowest BCUT2D eigenvalue weighted by molar-refractivity contribution is -0.135. The van der Waals surface area contributed by atoms with Crippen molar-refractivity contribution in [3.05, 3.63) is 28.2 Å². The molecule has 0 bridgehead atoms. The first kappa shape index (κ1) is 15.8. The number of amides is 1. The van der Waals surface area contributed by atoms with Crippen LogP contribution in [0.5, 0.6) is 5.75 Å². The molecule has 106 valence electrons. The third-order valence-corrected chi connectivity index (χ3v) is 3.05. The highest BCUT2D eigenvalue weighted by Gasteiger charge is 2.25. The third-order valence-electron chi connectivity index (χ3n) is 2.38. The predicted molar refractivity (Wildman–Crippen MR) is 68.0 cm³/mol. The predicted octanol–water partition coefficient (Wildman–Crippen LogP) is 3.62. The summed E-state index contributed by atoms with van der Waals surface area (Å²) in [4.78, 5) is 11.6. The molecular weight excluding hydrogens is 327 g/mol. The SMILES string of the molecule is O=C(NCCCCC(F)(F)F)c1ccc(Br)c(O)c1. The fourth-order valence-electron chi connectivity index (χ4n) is 1.41. The first-order chi connectivity index (χ1) is 8.79. The Morgan fingerprint density at radius 3 is 2.58 bits per heavy atom. The maximum Gasteiger partial charge on any atom is 0.389 e. The van der Waals surface area contributed by atoms with Crippen molar-refractivity contribution >= 4 is 21.8 Å². The second kappa shape index (κ2) is 6.79. The topological polar surface area (TPSA) is 49.3 Å². The summed E-state index contributed by atoms with van der Waals surface area (Å²) in [6, 6.07) is 4.32. The number of carbonyl (C=O) groups is 1. The maximum atomic E-state index is 11.9. The van der Waals surface area contributed by atoms with Gasteiger partial charge in [-0.15, -0.1) is 0 Å². The second-order valence-corrected chi connectivity index (χ2v) is 4.85. The Morgan fingerprint density at radius 2 is 2.00 bits per heavy atom. The Morgan fingerprint density at radius 1 is 1.32 bits per heavy atom. The highest BCUT2D eigenvalue weighted by molar-refractivity contribution is 9.10. The minimum absolute atomic E-state index is 0.0185. The van der Waals surface area contributed by atoms with Crippen molar-refractivity contribution in [1.82, 2.24) is 5.32 Å². The molecule has 0 aliphatic rings. The molecule has 0 saturated heterocycles. The van der Waals surface area contributed by atoms with E-state index in [2.05, 4.69) is 21.2 Å². The summed E-state index contributed by atoms with van der Waals surface area (Å²) in [7, 11) is 0. The zero-order chi connectivity index (χ0) is 14.5. The lowest BCUT2D eigenvalue weighted by Gasteiger charge is -2.07. The van der Waals surface area contributed by atoms with E-state index >= 15 is 0 Å². The molecule has 0 aliphatic carbocycles. The largest absolute Gasteiger partial charge is 0.507 e. The van der Waals surface area contributed by atoms with E-state index in [1.807, 2.05) is 0 Å². The van der Waals surface area contributed by atoms with E-state index in [-0.39, 0.29) is 30.7 Å². The van der Waals surface area contributed by atoms with Crippen LogP contribution in [-0.4, -0.2) is 23.7 Å². The summed E-state index contributed by atoms with van der Waals surface area (Å²) in [5.41, 5.74) is 0.261. The van der Waals surface area contributed by atoms with Crippen LogP contribution >= 0.6 is 15.9 Å². The van der Waals surface area contributed by atoms with Crippen molar-refractivity contribution in [3.63, 3.8) is 0 Å². The average Bonchev–Trinajstić information content (AvgIpc) is 2.30. The fourth-order valence-corrected chi connectivity index (χ4v) is 1.65. The average molecular weight is 340 g/mol. The molecule has 1 rings (SSSR count). The van der Waals surface area contributed by atoms with Crippen molar-refractivity contribution in [2.24, 2.45) is 0 Å². The van der Waals surface area contributed by atoms with Gasteiger partial charge in [-0.05, 0) is 47.0 Å². The van der Waals surface area contributed by atoms with Gasteiger partial charge in [0.2, 0.25) is 0 Å². The van der Waals surface area contributed by atoms with Crippen molar-refractivity contribution < 1.29 is 23.1 Å². The number of aromatic hydroxyl groups is 1. The monoisotopic (exact) mass is 339 g/mol. The number of phenolic OH excluding ortho intramolecular Hbond substituents is 1. The third kappa shape index (κ3) is 5.96. The van der Waals surface area contributed by atoms with Gasteiger partial charge in [0.15, 0.2) is 0 Å². The lowest BCUT2D eigenvalue weighted by Crippen LogP contribution is -2.24. The minimum atomic E-state index is -4.15. The van der Waals surface area contributed by atoms with E-state index in [4.69, 9.17) is 0 Å². The van der Waals surface area contributed by atoms with Crippen LogP contribution in [0.4, 0.5) is 13.2 Å². The Balaban J connectivity index is 2.33. The van der Waals surface area contributed by atoms with Gasteiger partial charge in [-0.25, -0.2) is 0 Å². The van der Waals surface area contributed by atoms with Gasteiger partial charge in [-0.1, -0.05) is 0 Å². The molecule has 0 atom stereocenters. The summed E-state index contributed by atoms with van der Waals surface area (Å²) in [6.45, 7) is 0.172. The van der Waals surface area contributed by atoms with Crippen LogP contribution < -0.4 is 5.32 Å². The second-order valence-electron chi connectivity index (χ2n) is 3.99. The van der Waals surface area contributed by atoms with E-state index in [0.717, 1.165) is 0 Å². The molecule has 19 heavy (non-hydrogen) atoms. The number of benzene rings is 1. The van der Waals surface area contributed by atoms with Crippen molar-refractivity contribution in [2.75, 3.05) is 6.54 Å². The van der Waals surface area contributed by atoms with Gasteiger partial charge < -0.3 is 10.4 Å². The van der Waals surface area contributed by atoms with Crippen LogP contribution in [-0.2, 0) is 0 Å². The Hall–Kier alpha value is -1.24. The van der Waals surface area contributed by atoms with E-state index in [0.29, 0.717) is 4.47 Å². The summed E-state index contributed by atoms with van der Waals surface area (Å²) in [6.07, 6.45) is -4.76. The number of hydrogen-bond donors (Lipinski definition) is 2. The number of alkyl halides is 3. The highest BCUT2D eigenvalue weighted by Crippen LogP contribution is 2.24. The van der Waals surface area contributed by atoms with Gasteiger partial charge in [0.1, 0.15) is 5.75 Å². The molecule has 0 radical (unpaired) electrons. The van der Waals surface area contributed by atoms with Crippen LogP contribution in [0.2, 0.25) is 0 Å². The summed E-state index contributed by atoms with van der Waals surface area (Å²) in [5, 5.41) is 11.9. The molecule has 2 N–H and O–H groups in total. The first-order valence-corrected chi connectivity index (χ1v) is 6.42. The molecule has 0 unspecified atom stereocenters. The van der Waals surface area contributed by atoms with E-state index < -0.39 is 18.5 Å². The molecule has 3 nitrogen and oxygen atoms in total. The Bertz CT molecular complexity index is 449. The van der Waals surface area contributed by atoms with Crippen LogP contribution in [0.3, 0.4) is 0 Å². The number of rotatable bonds is 5. The van der Waals surface area contributed by atoms with Gasteiger partial charge >= 0.3 is 6.18 Å². The fraction of sp³-hybridized carbons (Fsp3) is 0.417. The summed E-state index contributed by atoms with van der Waals surface area (Å²) < 4.78 is 36.1. The highest BCUT2D eigenvalue weighted by atomic mass is 79.9. The quantitative estimate of drug-likeness (QED) is 0.805. The zero-order valence-corrected chi connectivity index (χ0v) is 11.5. The summed E-state index contributed by atoms with van der Waals surface area (Å²) >= 11 is 3.08. The smallest absolute Gasteiger partial charge is 0.389 e. The van der Waals surface area contributed by atoms with Crippen molar-refractivity contribution in [1.29, 1.82) is 0 Å². The van der Waals surface area contributed by atoms with E-state index in [9.17, 15) is 23.1 Å². The standard InChI is InChI=1S/C12H13BrF3NO2/c13-9-4-3-8(7-10(9)18)11(19)17-6-2-1-5-12(14,15)16/h3-4,7,18H,1-2,5-6H2,(H,17,19). The number of carbonyl (C=O) groups excluding carboxylic acids is 1. The maximum absolute atomic E-state index is 11.9. The molecule has 0 spiro atoms. The van der Waals surface area contributed by atoms with Gasteiger partial charge in [0.25, 0.3) is 5.91 Å². The number of phenols is 1. The lowest BCUT2D eigenvalue weighted by atomic mass is 10.2. The van der Waals surface area contributed by atoms with Crippen LogP contribution in [0.25, 0.3) is 0 Å². The van der Waals surface area contributed by atoms with Crippen LogP contribution in [0.15, 0.2) is 22.7 Å². The molecule has 7 heteroatoms. The molecule has 0 heterocycles. The van der Waals surface area contributed by atoms with Crippen molar-refractivity contribution in [3.8, 4) is 5.75 Å². The van der Waals surface area contributed by atoms with E-state index in [1.165, 1.54) is 18.2 Å². The van der Waals surface area contributed by atoms with Crippen molar-refractivity contribution in [2.45, 2.75) is 25.4 Å². The number of hydrogen-bond acceptors (Lipinski definition) is 2. The van der Waals surface area contributed by atoms with Gasteiger partial charge in [-0.3, -0.25) is 4.79 Å². The molecule has 0 saturated carbocycles. The number of unbranched alkanes of at least 4 members (excludes halogenated alkanes) is 1. The molecule has 1 aromatic carbocycles. The Labute approximate surface area is 116 Å². The zero-order valence-electron chi connectivity index (χ0n) is 9.93. The Kier molecular flexibility index (Phi) is 5.65. The normalized spacial score (nSPS) is 11.4. The molecule has 0 aliphatic heterocycles. The molecule has 0 aromatic heterocycles. The van der Waals surface area contributed by atoms with Gasteiger partial charge in [0, 0.05) is 18.5 Å². The minimum Gasteiger partial charge on any atom is -0.507 e. The van der Waals surface area contributed by atoms with Crippen LogP contribution in [0.1, 0.15) is 29.6 Å². The molecule has 0 fully saturated rings. The number of nitrogens with one attached hydrogen (secondary N) is 1. The van der Waals surface area contributed by atoms with E-state index in [1.54, 1.807) is 0 Å². The molecule has 1 amide bonds. The molecule has 1 aromatic rings. The van der Waals surface area contributed by atoms with Crippen LogP contribution in [0, 0.1) is 0 Å². The number of halogens is 4.